The van der Waals surface area contributed by atoms with Crippen molar-refractivity contribution in [1.29, 1.82) is 0 Å². The van der Waals surface area contributed by atoms with Crippen LogP contribution in [0, 0.1) is 0 Å². The van der Waals surface area contributed by atoms with Crippen LogP contribution in [-0.2, 0) is 17.4 Å². The van der Waals surface area contributed by atoms with Crippen molar-refractivity contribution in [2.45, 2.75) is 92.9 Å². The van der Waals surface area contributed by atoms with Gasteiger partial charge in [-0.05, 0) is 47.8 Å². The van der Waals surface area contributed by atoms with E-state index in [1.807, 2.05) is 19.2 Å². The van der Waals surface area contributed by atoms with Crippen molar-refractivity contribution >= 4 is 23.3 Å². The Kier molecular flexibility index (Phi) is 19.3. The molecule has 2 aromatic carbocycles. The van der Waals surface area contributed by atoms with E-state index in [1.165, 1.54) is 22.3 Å². The smallest absolute Gasteiger partial charge is 1.00 e. The number of para-hydroxylation sites is 2. The fourth-order valence-corrected chi connectivity index (χ4v) is 4.20. The monoisotopic (exact) mass is 604 g/mol. The molecule has 0 saturated heterocycles. The molecule has 3 aromatic rings. The quantitative estimate of drug-likeness (QED) is 0.297. The Bertz CT molecular complexity index is 1120. The van der Waals surface area contributed by atoms with E-state index in [0.29, 0.717) is 23.7 Å². The molecule has 0 saturated carbocycles. The molecule has 6 heteroatoms. The molecule has 3 nitrogen and oxygen atoms in total. The molecule has 0 atom stereocenters. The summed E-state index contributed by atoms with van der Waals surface area (Å²) in [6.07, 6.45) is 6.56. The maximum Gasteiger partial charge on any atom is 3.00 e. The average Bonchev–Trinajstić information content (AvgIpc) is 2.84. The second-order valence-electron chi connectivity index (χ2n) is 10.5. The number of benzene rings is 2. The Hall–Kier alpha value is -1.96. The first-order valence-electron chi connectivity index (χ1n) is 13.2. The van der Waals surface area contributed by atoms with Gasteiger partial charge in [-0.15, -0.1) is 18.1 Å². The van der Waals surface area contributed by atoms with Crippen LogP contribution in [-0.4, -0.2) is 16.9 Å². The second kappa shape index (κ2) is 19.2. The molecule has 0 aliphatic rings. The van der Waals surface area contributed by atoms with Gasteiger partial charge in [0.05, 0.1) is 5.69 Å². The van der Waals surface area contributed by atoms with Crippen molar-refractivity contribution in [1.82, 2.24) is 4.98 Å². The molecule has 0 bridgehead atoms. The molecule has 1 aromatic heterocycles. The topological polar surface area (TPSA) is 37.6 Å². The standard InChI is InChI=1S/C19H24N2.C14H20N.2ClH.Cr/c1-13(2)17-9-6-10-18(14(3)4)19(17)21-15(5)16-8-7-11-20-12-16;1-6-15-14-12(10(2)3)8-7-9-13(14)11(4)5;;;/h6-14H,1-5H3;7-11H,1-5H3;2*1H;/q;-1;;;+3/p-2. The Labute approximate surface area is 261 Å². The van der Waals surface area contributed by atoms with Gasteiger partial charge in [0.1, 0.15) is 0 Å². The molecule has 0 amide bonds. The third-order valence-corrected chi connectivity index (χ3v) is 6.27. The third-order valence-electron chi connectivity index (χ3n) is 6.27. The van der Waals surface area contributed by atoms with Crippen LogP contribution in [0.25, 0.3) is 0 Å². The summed E-state index contributed by atoms with van der Waals surface area (Å²) in [7, 11) is 0. The average molecular weight is 606 g/mol. The third kappa shape index (κ3) is 11.2. The number of nitrogens with zero attached hydrogens (tertiary/aromatic N) is 3. The van der Waals surface area contributed by atoms with Crippen LogP contribution in [0.15, 0.2) is 70.9 Å². The van der Waals surface area contributed by atoms with E-state index in [0.717, 1.165) is 22.6 Å². The SMILES string of the molecule is CC(=Nc1c(C(C)C)cccc1C(C)C)c1cccnc1.C[C-]=Nc1c(C(C)C)cccc1C(C)C.[Cl-].[Cl-].[Cr+3]. The molecular weight excluding hydrogens is 561 g/mol. The molecule has 0 aliphatic carbocycles. The molecule has 0 aliphatic heterocycles. The number of pyridine rings is 1. The van der Waals surface area contributed by atoms with E-state index in [-0.39, 0.29) is 42.2 Å². The zero-order chi connectivity index (χ0) is 26.8. The van der Waals surface area contributed by atoms with Crippen molar-refractivity contribution in [2.24, 2.45) is 9.98 Å². The molecular formula is C33H44Cl2CrN3. The summed E-state index contributed by atoms with van der Waals surface area (Å²) in [5.41, 5.74) is 9.58. The number of rotatable bonds is 7. The molecule has 0 spiro atoms. The summed E-state index contributed by atoms with van der Waals surface area (Å²) < 4.78 is 0. The van der Waals surface area contributed by atoms with Gasteiger partial charge in [-0.2, -0.15) is 6.21 Å². The summed E-state index contributed by atoms with van der Waals surface area (Å²) in [5, 5.41) is 0. The molecule has 0 unspecified atom stereocenters. The normalized spacial score (nSPS) is 11.2. The molecule has 0 N–H and O–H groups in total. The zero-order valence-corrected chi connectivity index (χ0v) is 27.9. The fraction of sp³-hybridized carbons (Fsp3) is 0.424. The van der Waals surface area contributed by atoms with Gasteiger partial charge in [0.2, 0.25) is 0 Å². The predicted molar refractivity (Wildman–Crippen MR) is 158 cm³/mol. The maximum atomic E-state index is 4.95. The van der Waals surface area contributed by atoms with Gasteiger partial charge in [0.15, 0.2) is 0 Å². The van der Waals surface area contributed by atoms with Crippen LogP contribution in [0.2, 0.25) is 0 Å². The van der Waals surface area contributed by atoms with Gasteiger partial charge >= 0.3 is 17.4 Å². The number of halogens is 2. The van der Waals surface area contributed by atoms with Crippen molar-refractivity contribution in [3.05, 3.63) is 88.7 Å². The van der Waals surface area contributed by atoms with E-state index in [1.54, 1.807) is 6.20 Å². The van der Waals surface area contributed by atoms with E-state index < -0.39 is 0 Å². The minimum atomic E-state index is 0. The molecule has 3 rings (SSSR count). The van der Waals surface area contributed by atoms with E-state index >= 15 is 0 Å². The first kappa shape index (κ1) is 39.2. The maximum absolute atomic E-state index is 4.95. The minimum absolute atomic E-state index is 0. The van der Waals surface area contributed by atoms with Crippen molar-refractivity contribution in [3.8, 4) is 0 Å². The molecule has 211 valence electrons. The number of hydrogen-bond acceptors (Lipinski definition) is 3. The first-order chi connectivity index (χ1) is 17.1. The van der Waals surface area contributed by atoms with Gasteiger partial charge in [-0.3, -0.25) is 9.98 Å². The van der Waals surface area contributed by atoms with Crippen molar-refractivity contribution in [2.75, 3.05) is 0 Å². The minimum Gasteiger partial charge on any atom is -1.00 e. The second-order valence-corrected chi connectivity index (χ2v) is 10.5. The summed E-state index contributed by atoms with van der Waals surface area (Å²) in [6, 6.07) is 17.0. The largest absolute Gasteiger partial charge is 3.00 e. The van der Waals surface area contributed by atoms with Crippen LogP contribution < -0.4 is 24.8 Å². The van der Waals surface area contributed by atoms with E-state index in [2.05, 4.69) is 121 Å². The van der Waals surface area contributed by atoms with E-state index in [9.17, 15) is 0 Å². The first-order valence-corrected chi connectivity index (χ1v) is 13.2. The van der Waals surface area contributed by atoms with Crippen LogP contribution in [0.4, 0.5) is 11.4 Å². The predicted octanol–water partition coefficient (Wildman–Crippen LogP) is 4.01. The zero-order valence-electron chi connectivity index (χ0n) is 25.1. The van der Waals surface area contributed by atoms with Crippen LogP contribution in [0.5, 0.6) is 0 Å². The van der Waals surface area contributed by atoms with E-state index in [4.69, 9.17) is 4.99 Å². The Morgan fingerprint density at radius 2 is 1.08 bits per heavy atom. The van der Waals surface area contributed by atoms with Crippen molar-refractivity contribution in [3.63, 3.8) is 0 Å². The fourth-order valence-electron chi connectivity index (χ4n) is 4.20. The van der Waals surface area contributed by atoms with Crippen LogP contribution >= 0.6 is 0 Å². The summed E-state index contributed by atoms with van der Waals surface area (Å²) in [4.78, 5) is 13.5. The van der Waals surface area contributed by atoms with Gasteiger partial charge in [-0.1, -0.05) is 104 Å². The summed E-state index contributed by atoms with van der Waals surface area (Å²) in [5.74, 6) is 1.94. The molecule has 1 heterocycles. The summed E-state index contributed by atoms with van der Waals surface area (Å²) >= 11 is 0. The van der Waals surface area contributed by atoms with Gasteiger partial charge in [-0.25, -0.2) is 0 Å². The van der Waals surface area contributed by atoms with Crippen LogP contribution in [0.3, 0.4) is 0 Å². The Morgan fingerprint density at radius 1 is 0.667 bits per heavy atom. The number of aromatic nitrogens is 1. The molecule has 39 heavy (non-hydrogen) atoms. The Morgan fingerprint density at radius 3 is 1.41 bits per heavy atom. The van der Waals surface area contributed by atoms with Gasteiger partial charge < -0.3 is 29.8 Å². The number of hydrogen-bond donors (Lipinski definition) is 0. The van der Waals surface area contributed by atoms with Gasteiger partial charge in [0, 0.05) is 23.7 Å². The van der Waals surface area contributed by atoms with Gasteiger partial charge in [0.25, 0.3) is 0 Å². The molecule has 0 fully saturated rings. The van der Waals surface area contributed by atoms with Crippen LogP contribution in [0.1, 0.15) is 121 Å². The Balaban J connectivity index is 0. The summed E-state index contributed by atoms with van der Waals surface area (Å²) in [6.45, 7) is 21.6. The molecule has 1 radical (unpaired) electrons. The number of aliphatic imine (C=N–C) groups is 2. The van der Waals surface area contributed by atoms with Crippen molar-refractivity contribution < 1.29 is 42.2 Å².